The molecule has 3 aromatic carbocycles. The first-order chi connectivity index (χ1) is 17.6. The predicted octanol–water partition coefficient (Wildman–Crippen LogP) is 6.37. The molecule has 1 unspecified atom stereocenters. The summed E-state index contributed by atoms with van der Waals surface area (Å²) in [5, 5.41) is 10.0. The second kappa shape index (κ2) is 10.2. The second-order valence-electron chi connectivity index (χ2n) is 9.34. The Labute approximate surface area is 211 Å². The smallest absolute Gasteiger partial charge is 0.161 e. The van der Waals surface area contributed by atoms with Crippen LogP contribution in [0.1, 0.15) is 48.3 Å². The largest absolute Gasteiger partial charge is 0.497 e. The zero-order valence-corrected chi connectivity index (χ0v) is 20.5. The van der Waals surface area contributed by atoms with Crippen LogP contribution >= 0.6 is 0 Å². The fourth-order valence-electron chi connectivity index (χ4n) is 5.21. The van der Waals surface area contributed by atoms with E-state index in [1.807, 2.05) is 85.8 Å². The Morgan fingerprint density at radius 1 is 0.917 bits per heavy atom. The Hall–Kier alpha value is -4.17. The van der Waals surface area contributed by atoms with Gasteiger partial charge in [0, 0.05) is 29.3 Å². The minimum atomic E-state index is -0.471. The summed E-state index contributed by atoms with van der Waals surface area (Å²) in [4.78, 5) is 18.3. The van der Waals surface area contributed by atoms with E-state index < -0.39 is 5.92 Å². The van der Waals surface area contributed by atoms with Crippen LogP contribution in [0.15, 0.2) is 95.1 Å². The van der Waals surface area contributed by atoms with E-state index in [9.17, 15) is 10.1 Å². The maximum atomic E-state index is 13.5. The Morgan fingerprint density at radius 3 is 2.25 bits per heavy atom. The summed E-state index contributed by atoms with van der Waals surface area (Å²) in [5.41, 5.74) is 5.39. The number of nitriles is 1. The lowest BCUT2D eigenvalue weighted by atomic mass is 9.69. The number of rotatable bonds is 6. The molecule has 0 N–H and O–H groups in total. The SMILES string of the molecule is COc1ccc([C@H]2CC(=O)C3=C(C2)N=C(C)C(C#N)[C@@H]3c2ccc(OCc3ccccc3)cc2)cc1. The standard InChI is InChI=1S/C31H28N2O3/c1-20-27(18-32)30(23-10-14-26(15-11-23)36-19-21-6-4-3-5-7-21)31-28(33-20)16-24(17-29(31)34)22-8-12-25(35-2)13-9-22/h3-15,24,27,30H,16-17,19H2,1-2H3/t24-,27?,30+/m1/s1. The summed E-state index contributed by atoms with van der Waals surface area (Å²) in [5.74, 6) is 0.882. The van der Waals surface area contributed by atoms with Gasteiger partial charge in [-0.25, -0.2) is 0 Å². The molecule has 0 fully saturated rings. The molecular formula is C31H28N2O3. The zero-order chi connectivity index (χ0) is 25.1. The minimum absolute atomic E-state index is 0.0618. The summed E-state index contributed by atoms with van der Waals surface area (Å²) < 4.78 is 11.2. The van der Waals surface area contributed by atoms with Crippen molar-refractivity contribution in [3.8, 4) is 17.6 Å². The van der Waals surface area contributed by atoms with Crippen molar-refractivity contribution in [3.63, 3.8) is 0 Å². The van der Waals surface area contributed by atoms with Crippen LogP contribution in [0.4, 0.5) is 0 Å². The molecule has 0 bridgehead atoms. The van der Waals surface area contributed by atoms with Crippen molar-refractivity contribution in [3.05, 3.63) is 107 Å². The molecule has 1 heterocycles. The Kier molecular flexibility index (Phi) is 6.69. The van der Waals surface area contributed by atoms with Gasteiger partial charge in [0.15, 0.2) is 5.78 Å². The van der Waals surface area contributed by atoms with Crippen LogP contribution in [0.3, 0.4) is 0 Å². The fourth-order valence-corrected chi connectivity index (χ4v) is 5.21. The van der Waals surface area contributed by atoms with E-state index in [2.05, 4.69) is 6.07 Å². The predicted molar refractivity (Wildman–Crippen MR) is 139 cm³/mol. The number of hydrogen-bond acceptors (Lipinski definition) is 5. The topological polar surface area (TPSA) is 71.7 Å². The molecule has 5 nitrogen and oxygen atoms in total. The van der Waals surface area contributed by atoms with Crippen LogP contribution in [0.2, 0.25) is 0 Å². The summed E-state index contributed by atoms with van der Waals surface area (Å²) in [7, 11) is 1.64. The maximum Gasteiger partial charge on any atom is 0.161 e. The number of carbonyl (C=O) groups excluding carboxylic acids is 1. The van der Waals surface area contributed by atoms with Crippen LogP contribution in [-0.2, 0) is 11.4 Å². The molecule has 1 aliphatic carbocycles. The van der Waals surface area contributed by atoms with Crippen LogP contribution in [0.25, 0.3) is 0 Å². The van der Waals surface area contributed by atoms with Crippen molar-refractivity contribution in [2.24, 2.45) is 10.9 Å². The first-order valence-corrected chi connectivity index (χ1v) is 12.2. The quantitative estimate of drug-likeness (QED) is 0.414. The molecule has 36 heavy (non-hydrogen) atoms. The molecule has 3 aromatic rings. The van der Waals surface area contributed by atoms with Gasteiger partial charge in [-0.3, -0.25) is 9.79 Å². The van der Waals surface area contributed by atoms with Gasteiger partial charge in [-0.05, 0) is 60.2 Å². The Bertz CT molecular complexity index is 1350. The third-order valence-corrected chi connectivity index (χ3v) is 7.10. The average molecular weight is 477 g/mol. The molecule has 180 valence electrons. The van der Waals surface area contributed by atoms with E-state index in [0.29, 0.717) is 25.0 Å². The van der Waals surface area contributed by atoms with E-state index in [4.69, 9.17) is 14.5 Å². The van der Waals surface area contributed by atoms with Gasteiger partial charge in [-0.2, -0.15) is 5.26 Å². The van der Waals surface area contributed by atoms with E-state index in [0.717, 1.165) is 39.6 Å². The average Bonchev–Trinajstić information content (AvgIpc) is 2.92. The zero-order valence-electron chi connectivity index (χ0n) is 20.5. The summed E-state index contributed by atoms with van der Waals surface area (Å²) >= 11 is 0. The van der Waals surface area contributed by atoms with Crippen molar-refractivity contribution in [1.29, 1.82) is 5.26 Å². The summed E-state index contributed by atoms with van der Waals surface area (Å²) in [6, 6.07) is 28.1. The maximum absolute atomic E-state index is 13.5. The van der Waals surface area contributed by atoms with Gasteiger partial charge >= 0.3 is 0 Å². The first kappa shape index (κ1) is 23.6. The lowest BCUT2D eigenvalue weighted by Crippen LogP contribution is -2.32. The molecule has 0 saturated carbocycles. The van der Waals surface area contributed by atoms with Crippen LogP contribution < -0.4 is 9.47 Å². The number of nitrogens with zero attached hydrogens (tertiary/aromatic N) is 2. The number of ketones is 1. The van der Waals surface area contributed by atoms with E-state index in [1.54, 1.807) is 7.11 Å². The normalized spacial score (nSPS) is 21.3. The van der Waals surface area contributed by atoms with Gasteiger partial charge in [-0.15, -0.1) is 0 Å². The first-order valence-electron chi connectivity index (χ1n) is 12.2. The van der Waals surface area contributed by atoms with Crippen molar-refractivity contribution in [2.45, 2.75) is 38.2 Å². The lowest BCUT2D eigenvalue weighted by Gasteiger charge is -2.35. The van der Waals surface area contributed by atoms with Crippen LogP contribution in [0, 0.1) is 17.2 Å². The van der Waals surface area contributed by atoms with Crippen molar-refractivity contribution in [2.75, 3.05) is 7.11 Å². The van der Waals surface area contributed by atoms with Crippen molar-refractivity contribution in [1.82, 2.24) is 0 Å². The van der Waals surface area contributed by atoms with Crippen molar-refractivity contribution < 1.29 is 14.3 Å². The number of allylic oxidation sites excluding steroid dienone is 2. The fraction of sp³-hybridized carbons (Fsp3) is 0.258. The van der Waals surface area contributed by atoms with E-state index in [-0.39, 0.29) is 17.6 Å². The van der Waals surface area contributed by atoms with Gasteiger partial charge in [0.1, 0.15) is 18.1 Å². The highest BCUT2D eigenvalue weighted by Gasteiger charge is 2.41. The molecule has 0 amide bonds. The molecule has 1 aliphatic heterocycles. The molecule has 0 saturated heterocycles. The Morgan fingerprint density at radius 2 is 1.58 bits per heavy atom. The van der Waals surface area contributed by atoms with Gasteiger partial charge in [-0.1, -0.05) is 54.6 Å². The molecular weight excluding hydrogens is 448 g/mol. The monoisotopic (exact) mass is 476 g/mol. The van der Waals surface area contributed by atoms with Gasteiger partial charge in [0.2, 0.25) is 0 Å². The lowest BCUT2D eigenvalue weighted by molar-refractivity contribution is -0.116. The number of carbonyl (C=O) groups is 1. The Balaban J connectivity index is 1.41. The number of Topliss-reactive ketones (excluding diaryl/α,β-unsaturated/α-hetero) is 1. The number of ether oxygens (including phenoxy) is 2. The second-order valence-corrected chi connectivity index (χ2v) is 9.34. The number of hydrogen-bond donors (Lipinski definition) is 0. The van der Waals surface area contributed by atoms with Crippen LogP contribution in [0.5, 0.6) is 11.5 Å². The summed E-state index contributed by atoms with van der Waals surface area (Å²) in [6.45, 7) is 2.38. The molecule has 0 aromatic heterocycles. The number of benzene rings is 3. The summed E-state index contributed by atoms with van der Waals surface area (Å²) in [6.07, 6.45) is 1.09. The van der Waals surface area contributed by atoms with Gasteiger partial charge < -0.3 is 9.47 Å². The third kappa shape index (κ3) is 4.67. The van der Waals surface area contributed by atoms with Crippen LogP contribution in [-0.4, -0.2) is 18.6 Å². The molecule has 3 atom stereocenters. The third-order valence-electron chi connectivity index (χ3n) is 7.10. The highest BCUT2D eigenvalue weighted by atomic mass is 16.5. The molecule has 0 spiro atoms. The molecule has 5 heteroatoms. The molecule has 2 aliphatic rings. The number of methoxy groups -OCH3 is 1. The highest BCUT2D eigenvalue weighted by Crippen LogP contribution is 2.46. The highest BCUT2D eigenvalue weighted by molar-refractivity contribution is 6.03. The van der Waals surface area contributed by atoms with Crippen molar-refractivity contribution >= 4 is 11.5 Å². The molecule has 5 rings (SSSR count). The molecule has 0 radical (unpaired) electrons. The number of aliphatic imine (C=N–C) groups is 1. The van der Waals surface area contributed by atoms with Gasteiger partial charge in [0.25, 0.3) is 0 Å². The van der Waals surface area contributed by atoms with E-state index >= 15 is 0 Å². The van der Waals surface area contributed by atoms with E-state index in [1.165, 1.54) is 0 Å². The minimum Gasteiger partial charge on any atom is -0.497 e. The van der Waals surface area contributed by atoms with Gasteiger partial charge in [0.05, 0.1) is 19.1 Å².